The Balaban J connectivity index is 2.30. The van der Waals surface area contributed by atoms with E-state index in [0.717, 1.165) is 21.9 Å². The molecule has 0 fully saturated rings. The zero-order valence-corrected chi connectivity index (χ0v) is 12.1. The number of pyridine rings is 1. The van der Waals surface area contributed by atoms with Crippen molar-refractivity contribution in [3.05, 3.63) is 35.2 Å². The number of para-hydroxylation sites is 1. The van der Waals surface area contributed by atoms with E-state index in [1.807, 2.05) is 28.8 Å². The van der Waals surface area contributed by atoms with Crippen molar-refractivity contribution in [3.8, 4) is 0 Å². The first-order valence-electron chi connectivity index (χ1n) is 6.24. The Hall–Kier alpha value is -2.21. The second kappa shape index (κ2) is 4.72. The molecule has 0 saturated heterocycles. The fourth-order valence-electron chi connectivity index (χ4n) is 2.22. The molecule has 0 atom stereocenters. The van der Waals surface area contributed by atoms with Gasteiger partial charge in [0.1, 0.15) is 6.54 Å². The largest absolute Gasteiger partial charge is 0.347 e. The van der Waals surface area contributed by atoms with Crippen LogP contribution in [0.3, 0.4) is 0 Å². The first-order valence-corrected chi connectivity index (χ1v) is 6.65. The van der Waals surface area contributed by atoms with Crippen LogP contribution in [0.25, 0.3) is 21.9 Å². The highest BCUT2D eigenvalue weighted by Crippen LogP contribution is 2.23. The van der Waals surface area contributed by atoms with Gasteiger partial charge < -0.3 is 14.5 Å². The maximum atomic E-state index is 12.0. The Morgan fingerprint density at radius 3 is 2.90 bits per heavy atom. The minimum absolute atomic E-state index is 0.00268. The molecule has 1 N–H and O–H groups in total. The van der Waals surface area contributed by atoms with E-state index in [1.165, 1.54) is 0 Å². The zero-order valence-electron chi connectivity index (χ0n) is 11.3. The second-order valence-corrected chi connectivity index (χ2v) is 5.23. The molecule has 2 heterocycles. The summed E-state index contributed by atoms with van der Waals surface area (Å²) in [4.78, 5) is 21.0. The lowest BCUT2D eigenvalue weighted by atomic mass is 10.2. The van der Waals surface area contributed by atoms with Crippen LogP contribution in [0.5, 0.6) is 0 Å². The molecule has 0 saturated carbocycles. The molecule has 102 valence electrons. The number of aromatic nitrogens is 3. The van der Waals surface area contributed by atoms with Gasteiger partial charge in [0.05, 0.1) is 22.7 Å². The maximum absolute atomic E-state index is 12.0. The summed E-state index contributed by atoms with van der Waals surface area (Å²) >= 11 is 5.33. The monoisotopic (exact) mass is 286 g/mol. The number of carbonyl (C=O) groups is 1. The van der Waals surface area contributed by atoms with Crippen molar-refractivity contribution < 1.29 is 4.79 Å². The minimum Gasteiger partial charge on any atom is -0.347 e. The molecule has 0 aliphatic carbocycles. The number of rotatable bonds is 2. The van der Waals surface area contributed by atoms with Crippen molar-refractivity contribution in [2.24, 2.45) is 0 Å². The molecule has 2 aromatic heterocycles. The van der Waals surface area contributed by atoms with Gasteiger partial charge in [-0.2, -0.15) is 0 Å². The van der Waals surface area contributed by atoms with Crippen molar-refractivity contribution in [1.82, 2.24) is 19.4 Å². The molecule has 0 aliphatic heterocycles. The second-order valence-electron chi connectivity index (χ2n) is 4.84. The van der Waals surface area contributed by atoms with Crippen LogP contribution in [0.15, 0.2) is 30.5 Å². The first kappa shape index (κ1) is 12.8. The van der Waals surface area contributed by atoms with Crippen LogP contribution in [0.4, 0.5) is 0 Å². The van der Waals surface area contributed by atoms with Gasteiger partial charge in [0.2, 0.25) is 5.91 Å². The molecule has 1 amide bonds. The van der Waals surface area contributed by atoms with E-state index in [9.17, 15) is 4.79 Å². The van der Waals surface area contributed by atoms with Crippen molar-refractivity contribution >= 4 is 40.1 Å². The van der Waals surface area contributed by atoms with Gasteiger partial charge in [0.15, 0.2) is 4.77 Å². The molecule has 3 aromatic rings. The Morgan fingerprint density at radius 2 is 2.15 bits per heavy atom. The molecule has 0 radical (unpaired) electrons. The number of aromatic amines is 1. The number of hydrogen-bond donors (Lipinski definition) is 1. The lowest BCUT2D eigenvalue weighted by Gasteiger charge is -2.11. The molecule has 0 unspecified atom stereocenters. The number of likely N-dealkylation sites (N-methyl/N-ethyl adjacent to an activating group) is 1. The molecular formula is C14H14N4OS. The molecule has 0 spiro atoms. The summed E-state index contributed by atoms with van der Waals surface area (Å²) in [7, 11) is 3.47. The molecule has 20 heavy (non-hydrogen) atoms. The summed E-state index contributed by atoms with van der Waals surface area (Å²) in [5.74, 6) is 0.00268. The minimum atomic E-state index is 0.00268. The number of nitrogens with one attached hydrogen (secondary N) is 1. The summed E-state index contributed by atoms with van der Waals surface area (Å²) in [6, 6.07) is 7.84. The van der Waals surface area contributed by atoms with Gasteiger partial charge in [0.25, 0.3) is 0 Å². The van der Waals surface area contributed by atoms with E-state index >= 15 is 0 Å². The standard InChI is InChI=1S/C14H14N4OS/c1-17(2)12(19)8-18-13-9-5-3-4-6-10(9)15-7-11(13)16-14(18)20/h3-7H,8H2,1-2H3,(H,16,20). The Labute approximate surface area is 120 Å². The summed E-state index contributed by atoms with van der Waals surface area (Å²) in [6.07, 6.45) is 1.75. The summed E-state index contributed by atoms with van der Waals surface area (Å²) in [6.45, 7) is 0.222. The lowest BCUT2D eigenvalue weighted by molar-refractivity contribution is -0.129. The van der Waals surface area contributed by atoms with E-state index in [-0.39, 0.29) is 12.5 Å². The molecule has 6 heteroatoms. The van der Waals surface area contributed by atoms with Gasteiger partial charge >= 0.3 is 0 Å². The van der Waals surface area contributed by atoms with Crippen LogP contribution in [0, 0.1) is 4.77 Å². The molecular weight excluding hydrogens is 272 g/mol. The average molecular weight is 286 g/mol. The number of fused-ring (bicyclic) bond motifs is 3. The molecule has 1 aromatic carbocycles. The third-order valence-electron chi connectivity index (χ3n) is 3.30. The van der Waals surface area contributed by atoms with Crippen LogP contribution < -0.4 is 0 Å². The Morgan fingerprint density at radius 1 is 1.40 bits per heavy atom. The number of nitrogens with zero attached hydrogens (tertiary/aromatic N) is 3. The van der Waals surface area contributed by atoms with Gasteiger partial charge in [-0.15, -0.1) is 0 Å². The summed E-state index contributed by atoms with van der Waals surface area (Å²) in [5, 5.41) is 0.990. The lowest BCUT2D eigenvalue weighted by Crippen LogP contribution is -2.26. The normalized spacial score (nSPS) is 11.1. The number of carbonyl (C=O) groups excluding carboxylic acids is 1. The fraction of sp³-hybridized carbons (Fsp3) is 0.214. The highest BCUT2D eigenvalue weighted by molar-refractivity contribution is 7.71. The number of imidazole rings is 1. The van der Waals surface area contributed by atoms with Crippen LogP contribution >= 0.6 is 12.2 Å². The Kier molecular flexibility index (Phi) is 3.02. The van der Waals surface area contributed by atoms with Crippen molar-refractivity contribution in [2.45, 2.75) is 6.54 Å². The molecule has 3 rings (SSSR count). The van der Waals surface area contributed by atoms with Crippen molar-refractivity contribution in [1.29, 1.82) is 0 Å². The van der Waals surface area contributed by atoms with Crippen LogP contribution in [-0.2, 0) is 11.3 Å². The van der Waals surface area contributed by atoms with E-state index in [1.54, 1.807) is 25.2 Å². The SMILES string of the molecule is CN(C)C(=O)Cn1c(=S)[nH]c2cnc3ccccc3c21. The van der Waals surface area contributed by atoms with E-state index in [0.29, 0.717) is 4.77 Å². The number of hydrogen-bond acceptors (Lipinski definition) is 3. The van der Waals surface area contributed by atoms with Gasteiger partial charge in [-0.3, -0.25) is 9.78 Å². The van der Waals surface area contributed by atoms with Crippen LogP contribution in [0.1, 0.15) is 0 Å². The number of benzene rings is 1. The number of H-pyrrole nitrogens is 1. The summed E-state index contributed by atoms with van der Waals surface area (Å²) < 4.78 is 2.37. The van der Waals surface area contributed by atoms with Gasteiger partial charge in [-0.05, 0) is 18.3 Å². The van der Waals surface area contributed by atoms with E-state index in [4.69, 9.17) is 12.2 Å². The highest BCUT2D eigenvalue weighted by Gasteiger charge is 2.13. The average Bonchev–Trinajstić information content (AvgIpc) is 2.75. The Bertz CT molecular complexity index is 862. The smallest absolute Gasteiger partial charge is 0.242 e. The number of amides is 1. The van der Waals surface area contributed by atoms with Crippen molar-refractivity contribution in [2.75, 3.05) is 14.1 Å². The van der Waals surface area contributed by atoms with Crippen molar-refractivity contribution in [3.63, 3.8) is 0 Å². The van der Waals surface area contributed by atoms with E-state index < -0.39 is 0 Å². The molecule has 5 nitrogen and oxygen atoms in total. The quantitative estimate of drug-likeness (QED) is 0.736. The predicted molar refractivity (Wildman–Crippen MR) is 81.1 cm³/mol. The zero-order chi connectivity index (χ0) is 14.3. The third-order valence-corrected chi connectivity index (χ3v) is 3.62. The molecule has 0 bridgehead atoms. The fourth-order valence-corrected chi connectivity index (χ4v) is 2.49. The van der Waals surface area contributed by atoms with Gasteiger partial charge in [0, 0.05) is 19.5 Å². The third kappa shape index (κ3) is 1.98. The van der Waals surface area contributed by atoms with E-state index in [2.05, 4.69) is 9.97 Å². The van der Waals surface area contributed by atoms with Crippen LogP contribution in [0.2, 0.25) is 0 Å². The van der Waals surface area contributed by atoms with Gasteiger partial charge in [-0.25, -0.2) is 0 Å². The topological polar surface area (TPSA) is 53.9 Å². The highest BCUT2D eigenvalue weighted by atomic mass is 32.1. The maximum Gasteiger partial charge on any atom is 0.242 e. The van der Waals surface area contributed by atoms with Gasteiger partial charge in [-0.1, -0.05) is 18.2 Å². The predicted octanol–water partition coefficient (Wildman–Crippen LogP) is 2.34. The summed E-state index contributed by atoms with van der Waals surface area (Å²) in [5.41, 5.74) is 2.66. The first-order chi connectivity index (χ1) is 9.58. The molecule has 0 aliphatic rings. The van der Waals surface area contributed by atoms with Crippen LogP contribution in [-0.4, -0.2) is 39.4 Å².